The van der Waals surface area contributed by atoms with Crippen LogP contribution in [-0.2, 0) is 6.54 Å². The largest absolute Gasteiger partial charge is 0.480 e. The third-order valence-electron chi connectivity index (χ3n) is 4.40. The van der Waals surface area contributed by atoms with E-state index in [0.717, 1.165) is 42.2 Å². The van der Waals surface area contributed by atoms with Crippen LogP contribution in [0.15, 0.2) is 11.6 Å². The second-order valence-electron chi connectivity index (χ2n) is 5.72. The van der Waals surface area contributed by atoms with Crippen LogP contribution < -0.4 is 10.1 Å². The first kappa shape index (κ1) is 14.8. The Labute approximate surface area is 129 Å². The molecule has 2 aromatic rings. The third-order valence-corrected chi connectivity index (χ3v) is 5.16. The number of nitrogens with zero attached hydrogens (tertiary/aromatic N) is 3. The molecule has 5 nitrogen and oxygen atoms in total. The monoisotopic (exact) mass is 308 g/mol. The Morgan fingerprint density at radius 2 is 2.29 bits per heavy atom. The molecular weight excluding hydrogens is 284 g/mol. The topological polar surface area (TPSA) is 41.8 Å². The number of thiazole rings is 1. The van der Waals surface area contributed by atoms with Gasteiger partial charge in [0.2, 0.25) is 5.88 Å². The Morgan fingerprint density at radius 1 is 1.48 bits per heavy atom. The Morgan fingerprint density at radius 3 is 3.05 bits per heavy atom. The van der Waals surface area contributed by atoms with Crippen LogP contribution in [0.4, 0.5) is 0 Å². The van der Waals surface area contributed by atoms with E-state index in [0.29, 0.717) is 0 Å². The van der Waals surface area contributed by atoms with Gasteiger partial charge in [-0.1, -0.05) is 12.8 Å². The van der Waals surface area contributed by atoms with Crippen molar-refractivity contribution in [2.45, 2.75) is 38.3 Å². The number of ether oxygens (including phenoxy) is 1. The molecule has 2 aromatic heterocycles. The molecule has 0 spiro atoms. The van der Waals surface area contributed by atoms with Crippen molar-refractivity contribution in [3.05, 3.63) is 17.3 Å². The molecule has 0 saturated heterocycles. The van der Waals surface area contributed by atoms with E-state index in [9.17, 15) is 0 Å². The lowest BCUT2D eigenvalue weighted by atomic mass is 10.2. The summed E-state index contributed by atoms with van der Waals surface area (Å²) in [6, 6.07) is 0.792. The lowest BCUT2D eigenvalue weighted by Gasteiger charge is -2.23. The maximum Gasteiger partial charge on any atom is 0.237 e. The Hall–Kier alpha value is -1.11. The number of nitrogens with one attached hydrogen (secondary N) is 1. The van der Waals surface area contributed by atoms with E-state index in [2.05, 4.69) is 38.2 Å². The molecule has 0 aliphatic heterocycles. The maximum atomic E-state index is 5.37. The van der Waals surface area contributed by atoms with Crippen molar-refractivity contribution in [3.63, 3.8) is 0 Å². The Bertz CT molecular complexity index is 573. The normalized spacial score (nSPS) is 16.3. The lowest BCUT2D eigenvalue weighted by molar-refractivity contribution is 0.245. The summed E-state index contributed by atoms with van der Waals surface area (Å²) in [6.45, 7) is 2.88. The van der Waals surface area contributed by atoms with Gasteiger partial charge in [-0.2, -0.15) is 4.98 Å². The zero-order valence-electron chi connectivity index (χ0n) is 12.8. The second-order valence-corrected chi connectivity index (χ2v) is 6.59. The molecule has 0 atom stereocenters. The summed E-state index contributed by atoms with van der Waals surface area (Å²) in [7, 11) is 3.93. The summed E-state index contributed by atoms with van der Waals surface area (Å²) in [4.78, 5) is 7.96. The SMILES string of the molecule is COc1nc2sccn2c1CNCCN(C)C1CCCC1. The highest BCUT2D eigenvalue weighted by Crippen LogP contribution is 2.23. The molecule has 0 bridgehead atoms. The number of methoxy groups -OCH3 is 1. The minimum atomic E-state index is 0.735. The van der Waals surface area contributed by atoms with Crippen LogP contribution in [0.25, 0.3) is 4.96 Å². The van der Waals surface area contributed by atoms with E-state index < -0.39 is 0 Å². The quantitative estimate of drug-likeness (QED) is 0.797. The summed E-state index contributed by atoms with van der Waals surface area (Å²) in [5.74, 6) is 0.735. The van der Waals surface area contributed by atoms with E-state index >= 15 is 0 Å². The minimum Gasteiger partial charge on any atom is -0.480 e. The van der Waals surface area contributed by atoms with Crippen LogP contribution in [0.3, 0.4) is 0 Å². The van der Waals surface area contributed by atoms with Crippen LogP contribution in [0.2, 0.25) is 0 Å². The smallest absolute Gasteiger partial charge is 0.237 e. The average molecular weight is 308 g/mol. The van der Waals surface area contributed by atoms with Crippen LogP contribution in [0.5, 0.6) is 5.88 Å². The average Bonchev–Trinajstić information content (AvgIpc) is 3.20. The van der Waals surface area contributed by atoms with Gasteiger partial charge in [0.15, 0.2) is 4.96 Å². The van der Waals surface area contributed by atoms with E-state index in [4.69, 9.17) is 4.74 Å². The van der Waals surface area contributed by atoms with E-state index in [1.807, 2.05) is 0 Å². The second kappa shape index (κ2) is 6.77. The first-order valence-corrected chi connectivity index (χ1v) is 8.57. The number of hydrogen-bond acceptors (Lipinski definition) is 5. The molecule has 0 aromatic carbocycles. The molecule has 1 saturated carbocycles. The maximum absolute atomic E-state index is 5.37. The predicted octanol–water partition coefficient (Wildman–Crippen LogP) is 2.37. The van der Waals surface area contributed by atoms with Gasteiger partial charge in [0.05, 0.1) is 7.11 Å². The predicted molar refractivity (Wildman–Crippen MR) is 86.2 cm³/mol. The lowest BCUT2D eigenvalue weighted by Crippen LogP contribution is -2.35. The number of likely N-dealkylation sites (N-methyl/N-ethyl adjacent to an activating group) is 1. The minimum absolute atomic E-state index is 0.735. The van der Waals surface area contributed by atoms with Crippen molar-refractivity contribution in [2.75, 3.05) is 27.2 Å². The molecule has 1 fully saturated rings. The Balaban J connectivity index is 1.51. The number of fused-ring (bicyclic) bond motifs is 1. The highest BCUT2D eigenvalue weighted by Gasteiger charge is 2.19. The van der Waals surface area contributed by atoms with Crippen LogP contribution >= 0.6 is 11.3 Å². The van der Waals surface area contributed by atoms with Gasteiger partial charge in [-0.15, -0.1) is 11.3 Å². The number of hydrogen-bond donors (Lipinski definition) is 1. The van der Waals surface area contributed by atoms with Gasteiger partial charge in [0.25, 0.3) is 0 Å². The summed E-state index contributed by atoms with van der Waals surface area (Å²) >= 11 is 1.63. The number of aromatic nitrogens is 2. The van der Waals surface area contributed by atoms with Crippen molar-refractivity contribution in [1.29, 1.82) is 0 Å². The van der Waals surface area contributed by atoms with E-state index in [1.54, 1.807) is 18.4 Å². The van der Waals surface area contributed by atoms with Gasteiger partial charge in [-0.05, 0) is 19.9 Å². The fraction of sp³-hybridized carbons (Fsp3) is 0.667. The van der Waals surface area contributed by atoms with Crippen molar-refractivity contribution >= 4 is 16.3 Å². The molecule has 0 amide bonds. The number of rotatable bonds is 7. The molecule has 1 aliphatic rings. The molecule has 0 unspecified atom stereocenters. The highest BCUT2D eigenvalue weighted by atomic mass is 32.1. The molecule has 3 rings (SSSR count). The van der Waals surface area contributed by atoms with Gasteiger partial charge >= 0.3 is 0 Å². The molecule has 2 heterocycles. The first-order valence-electron chi connectivity index (χ1n) is 7.69. The molecule has 1 aliphatic carbocycles. The van der Waals surface area contributed by atoms with Gasteiger partial charge in [0.1, 0.15) is 5.69 Å². The summed E-state index contributed by atoms with van der Waals surface area (Å²) < 4.78 is 7.48. The third kappa shape index (κ3) is 3.22. The standard InChI is InChI=1S/C15H24N4OS/c1-18(12-5-3-4-6-12)8-7-16-11-13-14(20-2)17-15-19(13)9-10-21-15/h9-10,12,16H,3-8,11H2,1-2H3. The zero-order valence-corrected chi connectivity index (χ0v) is 13.7. The van der Waals surface area contributed by atoms with Gasteiger partial charge < -0.3 is 15.0 Å². The molecule has 21 heavy (non-hydrogen) atoms. The highest BCUT2D eigenvalue weighted by molar-refractivity contribution is 7.15. The number of imidazole rings is 1. The van der Waals surface area contributed by atoms with E-state index in [-0.39, 0.29) is 0 Å². The van der Waals surface area contributed by atoms with Crippen molar-refractivity contribution in [3.8, 4) is 5.88 Å². The fourth-order valence-electron chi connectivity index (χ4n) is 3.13. The van der Waals surface area contributed by atoms with Crippen LogP contribution in [0, 0.1) is 0 Å². The van der Waals surface area contributed by atoms with Crippen molar-refractivity contribution < 1.29 is 4.74 Å². The first-order chi connectivity index (χ1) is 10.3. The Kier molecular flexibility index (Phi) is 4.77. The van der Waals surface area contributed by atoms with E-state index in [1.165, 1.54) is 25.7 Å². The van der Waals surface area contributed by atoms with Gasteiger partial charge in [0, 0.05) is 37.3 Å². The van der Waals surface area contributed by atoms with Crippen LogP contribution in [0.1, 0.15) is 31.4 Å². The molecule has 1 N–H and O–H groups in total. The summed E-state index contributed by atoms with van der Waals surface area (Å²) in [5, 5.41) is 5.58. The summed E-state index contributed by atoms with van der Waals surface area (Å²) in [6.07, 6.45) is 7.57. The van der Waals surface area contributed by atoms with Crippen LogP contribution in [-0.4, -0.2) is 47.6 Å². The van der Waals surface area contributed by atoms with Crippen molar-refractivity contribution in [2.24, 2.45) is 0 Å². The van der Waals surface area contributed by atoms with Crippen molar-refractivity contribution in [1.82, 2.24) is 19.6 Å². The zero-order chi connectivity index (χ0) is 14.7. The van der Waals surface area contributed by atoms with Gasteiger partial charge in [-0.25, -0.2) is 0 Å². The fourth-order valence-corrected chi connectivity index (χ4v) is 3.85. The molecule has 6 heteroatoms. The van der Waals surface area contributed by atoms with Gasteiger partial charge in [-0.3, -0.25) is 4.40 Å². The molecular formula is C15H24N4OS. The summed E-state index contributed by atoms with van der Waals surface area (Å²) in [5.41, 5.74) is 1.11. The molecule has 116 valence electrons. The molecule has 0 radical (unpaired) electrons.